The van der Waals surface area contributed by atoms with Crippen molar-refractivity contribution in [2.75, 3.05) is 7.05 Å². The zero-order valence-corrected chi connectivity index (χ0v) is 10.6. The first-order valence-corrected chi connectivity index (χ1v) is 6.02. The van der Waals surface area contributed by atoms with E-state index in [2.05, 4.69) is 10.3 Å². The Labute approximate surface area is 111 Å². The number of nitro groups is 1. The van der Waals surface area contributed by atoms with Gasteiger partial charge in [0.05, 0.1) is 4.92 Å². The van der Waals surface area contributed by atoms with Gasteiger partial charge in [0, 0.05) is 30.1 Å². The molecule has 0 aliphatic carbocycles. The molecule has 0 spiro atoms. The minimum absolute atomic E-state index is 0.0316. The Morgan fingerprint density at radius 3 is 2.58 bits per heavy atom. The largest absolute Gasteiger partial charge is 0.313 e. The number of nitro benzene ring substituents is 1. The lowest BCUT2D eigenvalue weighted by molar-refractivity contribution is -0.385. The maximum absolute atomic E-state index is 11.0. The molecular formula is C14H15N3O2. The zero-order valence-electron chi connectivity index (χ0n) is 10.6. The lowest BCUT2D eigenvalue weighted by Crippen LogP contribution is -2.19. The summed E-state index contributed by atoms with van der Waals surface area (Å²) in [5, 5.41) is 14.2. The molecule has 0 saturated heterocycles. The van der Waals surface area contributed by atoms with Crippen LogP contribution in [0.15, 0.2) is 48.8 Å². The van der Waals surface area contributed by atoms with E-state index in [0.717, 1.165) is 11.1 Å². The maximum atomic E-state index is 11.0. The van der Waals surface area contributed by atoms with E-state index in [0.29, 0.717) is 6.42 Å². The second-order valence-corrected chi connectivity index (χ2v) is 4.21. The van der Waals surface area contributed by atoms with Crippen LogP contribution in [0, 0.1) is 10.1 Å². The highest BCUT2D eigenvalue weighted by atomic mass is 16.6. The van der Waals surface area contributed by atoms with Gasteiger partial charge in [0.25, 0.3) is 5.69 Å². The first kappa shape index (κ1) is 13.2. The number of para-hydroxylation sites is 1. The number of benzene rings is 1. The molecule has 1 aromatic heterocycles. The summed E-state index contributed by atoms with van der Waals surface area (Å²) in [6, 6.07) is 10.7. The van der Waals surface area contributed by atoms with E-state index in [4.69, 9.17) is 0 Å². The molecule has 1 N–H and O–H groups in total. The molecule has 1 atom stereocenters. The van der Waals surface area contributed by atoms with Crippen LogP contribution in [0.1, 0.15) is 17.2 Å². The highest BCUT2D eigenvalue weighted by Crippen LogP contribution is 2.24. The molecule has 1 unspecified atom stereocenters. The monoisotopic (exact) mass is 257 g/mol. The van der Waals surface area contributed by atoms with Gasteiger partial charge in [0.15, 0.2) is 0 Å². The predicted molar refractivity (Wildman–Crippen MR) is 72.8 cm³/mol. The van der Waals surface area contributed by atoms with Crippen molar-refractivity contribution in [3.63, 3.8) is 0 Å². The summed E-state index contributed by atoms with van der Waals surface area (Å²) in [4.78, 5) is 14.6. The van der Waals surface area contributed by atoms with Crippen LogP contribution in [-0.4, -0.2) is 17.0 Å². The number of likely N-dealkylation sites (N-methyl/N-ethyl adjacent to an activating group) is 1. The van der Waals surface area contributed by atoms with Gasteiger partial charge in [-0.3, -0.25) is 15.1 Å². The van der Waals surface area contributed by atoms with Crippen molar-refractivity contribution in [1.82, 2.24) is 10.3 Å². The second-order valence-electron chi connectivity index (χ2n) is 4.21. The average Bonchev–Trinajstić information content (AvgIpc) is 2.46. The summed E-state index contributed by atoms with van der Waals surface area (Å²) in [6.07, 6.45) is 4.01. The molecule has 2 aromatic rings. The summed E-state index contributed by atoms with van der Waals surface area (Å²) in [5.74, 6) is 0. The molecule has 2 rings (SSSR count). The van der Waals surface area contributed by atoms with Gasteiger partial charge in [-0.2, -0.15) is 0 Å². The first-order valence-electron chi connectivity index (χ1n) is 6.02. The Kier molecular flexibility index (Phi) is 4.20. The van der Waals surface area contributed by atoms with Crippen LogP contribution >= 0.6 is 0 Å². The summed E-state index contributed by atoms with van der Waals surface area (Å²) in [6.45, 7) is 0. The van der Waals surface area contributed by atoms with Crippen molar-refractivity contribution in [1.29, 1.82) is 0 Å². The van der Waals surface area contributed by atoms with Gasteiger partial charge < -0.3 is 5.32 Å². The lowest BCUT2D eigenvalue weighted by atomic mass is 9.99. The van der Waals surface area contributed by atoms with E-state index in [1.807, 2.05) is 25.2 Å². The third-order valence-electron chi connectivity index (χ3n) is 3.07. The predicted octanol–water partition coefficient (Wildman–Crippen LogP) is 2.49. The second kappa shape index (κ2) is 6.06. The van der Waals surface area contributed by atoms with Crippen LogP contribution in [0.25, 0.3) is 0 Å². The van der Waals surface area contributed by atoms with E-state index >= 15 is 0 Å². The number of nitrogens with zero attached hydrogens (tertiary/aromatic N) is 2. The Morgan fingerprint density at radius 2 is 1.95 bits per heavy atom. The van der Waals surface area contributed by atoms with E-state index in [1.54, 1.807) is 24.5 Å². The third-order valence-corrected chi connectivity index (χ3v) is 3.07. The van der Waals surface area contributed by atoms with Crippen molar-refractivity contribution in [2.24, 2.45) is 0 Å². The molecule has 5 heteroatoms. The fourth-order valence-electron chi connectivity index (χ4n) is 2.06. The summed E-state index contributed by atoms with van der Waals surface area (Å²) < 4.78 is 0. The Bertz CT molecular complexity index is 558. The maximum Gasteiger partial charge on any atom is 0.272 e. The lowest BCUT2D eigenvalue weighted by Gasteiger charge is -2.16. The summed E-state index contributed by atoms with van der Waals surface area (Å²) in [5.41, 5.74) is 1.95. The van der Waals surface area contributed by atoms with Gasteiger partial charge in [0.1, 0.15) is 0 Å². The number of nitrogens with one attached hydrogen (secondary N) is 1. The van der Waals surface area contributed by atoms with E-state index in [1.165, 1.54) is 6.07 Å². The smallest absolute Gasteiger partial charge is 0.272 e. The topological polar surface area (TPSA) is 68.1 Å². The molecule has 98 valence electrons. The van der Waals surface area contributed by atoms with Crippen molar-refractivity contribution in [2.45, 2.75) is 12.5 Å². The summed E-state index contributed by atoms with van der Waals surface area (Å²) >= 11 is 0. The number of rotatable bonds is 5. The molecular weight excluding hydrogens is 242 g/mol. The van der Waals surface area contributed by atoms with E-state index < -0.39 is 0 Å². The van der Waals surface area contributed by atoms with Crippen LogP contribution in [0.2, 0.25) is 0 Å². The number of pyridine rings is 1. The molecule has 0 amide bonds. The van der Waals surface area contributed by atoms with Gasteiger partial charge in [-0.1, -0.05) is 18.2 Å². The SMILES string of the molecule is CNC(Cc1ccccc1[N+](=O)[O-])c1ccncc1. The number of hydrogen-bond acceptors (Lipinski definition) is 4. The minimum Gasteiger partial charge on any atom is -0.313 e. The summed E-state index contributed by atoms with van der Waals surface area (Å²) in [7, 11) is 1.85. The van der Waals surface area contributed by atoms with Crippen LogP contribution in [0.4, 0.5) is 5.69 Å². The zero-order chi connectivity index (χ0) is 13.7. The van der Waals surface area contributed by atoms with Crippen LogP contribution in [-0.2, 0) is 6.42 Å². The van der Waals surface area contributed by atoms with Gasteiger partial charge in [-0.05, 0) is 31.2 Å². The molecule has 0 saturated carbocycles. The van der Waals surface area contributed by atoms with Crippen molar-refractivity contribution < 1.29 is 4.92 Å². The quantitative estimate of drug-likeness (QED) is 0.660. The Balaban J connectivity index is 2.27. The average molecular weight is 257 g/mol. The Hall–Kier alpha value is -2.27. The van der Waals surface area contributed by atoms with Gasteiger partial charge in [-0.25, -0.2) is 0 Å². The normalized spacial score (nSPS) is 12.1. The van der Waals surface area contributed by atoms with E-state index in [9.17, 15) is 10.1 Å². The molecule has 0 aliphatic rings. The van der Waals surface area contributed by atoms with Gasteiger partial charge in [-0.15, -0.1) is 0 Å². The molecule has 19 heavy (non-hydrogen) atoms. The molecule has 0 aliphatic heterocycles. The molecule has 5 nitrogen and oxygen atoms in total. The van der Waals surface area contributed by atoms with Crippen molar-refractivity contribution in [3.05, 3.63) is 70.0 Å². The standard InChI is InChI=1S/C14H15N3O2/c1-15-13(11-6-8-16-9-7-11)10-12-4-2-3-5-14(12)17(18)19/h2-9,13,15H,10H2,1H3. The third kappa shape index (κ3) is 3.14. The number of hydrogen-bond donors (Lipinski definition) is 1. The minimum atomic E-state index is -0.339. The van der Waals surface area contributed by atoms with Crippen molar-refractivity contribution in [3.8, 4) is 0 Å². The number of aromatic nitrogens is 1. The van der Waals surface area contributed by atoms with Crippen LogP contribution in [0.3, 0.4) is 0 Å². The molecule has 1 heterocycles. The van der Waals surface area contributed by atoms with Gasteiger partial charge in [0.2, 0.25) is 0 Å². The fraction of sp³-hybridized carbons (Fsp3) is 0.214. The molecule has 0 radical (unpaired) electrons. The van der Waals surface area contributed by atoms with Crippen molar-refractivity contribution >= 4 is 5.69 Å². The first-order chi connectivity index (χ1) is 9.22. The van der Waals surface area contributed by atoms with Crippen LogP contribution in [0.5, 0.6) is 0 Å². The molecule has 0 bridgehead atoms. The Morgan fingerprint density at radius 1 is 1.26 bits per heavy atom. The molecule has 0 fully saturated rings. The van der Waals surface area contributed by atoms with E-state index in [-0.39, 0.29) is 16.7 Å². The van der Waals surface area contributed by atoms with Gasteiger partial charge >= 0.3 is 0 Å². The highest BCUT2D eigenvalue weighted by molar-refractivity contribution is 5.41. The fourth-order valence-corrected chi connectivity index (χ4v) is 2.06. The molecule has 1 aromatic carbocycles. The highest BCUT2D eigenvalue weighted by Gasteiger charge is 2.17. The van der Waals surface area contributed by atoms with Crippen LogP contribution < -0.4 is 5.32 Å².